The number of amides is 1. The Bertz CT molecular complexity index is 1080. The normalized spacial score (nSPS) is 15.8. The predicted octanol–water partition coefficient (Wildman–Crippen LogP) is 3.86. The number of carbonyl (C=O) groups excluding carboxylic acids is 2. The highest BCUT2D eigenvalue weighted by molar-refractivity contribution is 6.30. The Balaban J connectivity index is 1.55. The maximum absolute atomic E-state index is 12.1. The number of para-hydroxylation sites is 1. The van der Waals surface area contributed by atoms with Crippen LogP contribution in [0, 0.1) is 0 Å². The van der Waals surface area contributed by atoms with Gasteiger partial charge in [-0.2, -0.15) is 5.10 Å². The summed E-state index contributed by atoms with van der Waals surface area (Å²) in [5.74, 6) is -0.535. The number of carbonyl (C=O) groups is 2. The van der Waals surface area contributed by atoms with Gasteiger partial charge in [0.25, 0.3) is 0 Å². The van der Waals surface area contributed by atoms with Crippen LogP contribution in [-0.2, 0) is 14.3 Å². The highest BCUT2D eigenvalue weighted by atomic mass is 35.5. The van der Waals surface area contributed by atoms with Gasteiger partial charge in [-0.3, -0.25) is 0 Å². The first kappa shape index (κ1) is 19.7. The van der Waals surface area contributed by atoms with Crippen molar-refractivity contribution in [3.63, 3.8) is 0 Å². The van der Waals surface area contributed by atoms with Crippen molar-refractivity contribution in [2.24, 2.45) is 0 Å². The second-order valence-electron chi connectivity index (χ2n) is 6.59. The molecule has 0 spiro atoms. The Morgan fingerprint density at radius 1 is 1.23 bits per heavy atom. The van der Waals surface area contributed by atoms with Crippen molar-refractivity contribution in [1.82, 2.24) is 15.1 Å². The van der Waals surface area contributed by atoms with Gasteiger partial charge in [0.2, 0.25) is 0 Å². The van der Waals surface area contributed by atoms with Crippen molar-refractivity contribution in [3.8, 4) is 16.9 Å². The van der Waals surface area contributed by atoms with Gasteiger partial charge in [0.05, 0.1) is 17.9 Å². The average molecular weight is 424 g/mol. The molecule has 7 nitrogen and oxygen atoms in total. The lowest BCUT2D eigenvalue weighted by Crippen LogP contribution is -2.21. The summed E-state index contributed by atoms with van der Waals surface area (Å²) < 4.78 is 11.8. The van der Waals surface area contributed by atoms with Crippen LogP contribution >= 0.6 is 11.6 Å². The Labute approximate surface area is 177 Å². The SMILES string of the molecule is O=C(/C=C/c1cn(-c2ccccc2)nc1-c1ccc(Cl)cc1)OC[C@H]1CNC(=O)O1. The highest BCUT2D eigenvalue weighted by Gasteiger charge is 2.23. The van der Waals surface area contributed by atoms with Gasteiger partial charge in [0, 0.05) is 28.4 Å². The first-order valence-electron chi connectivity index (χ1n) is 9.29. The third-order valence-corrected chi connectivity index (χ3v) is 4.69. The molecule has 1 aliphatic heterocycles. The molecule has 2 aromatic carbocycles. The number of benzene rings is 2. The number of alkyl carbamates (subject to hydrolysis) is 1. The number of hydrogen-bond acceptors (Lipinski definition) is 5. The molecule has 1 saturated heterocycles. The summed E-state index contributed by atoms with van der Waals surface area (Å²) in [5, 5.41) is 7.82. The fraction of sp³-hybridized carbons (Fsp3) is 0.136. The molecule has 1 atom stereocenters. The van der Waals surface area contributed by atoms with Gasteiger partial charge in [0.1, 0.15) is 6.61 Å². The molecule has 1 amide bonds. The van der Waals surface area contributed by atoms with Gasteiger partial charge in [0.15, 0.2) is 6.10 Å². The topological polar surface area (TPSA) is 82.5 Å². The lowest BCUT2D eigenvalue weighted by molar-refractivity contribution is -0.139. The van der Waals surface area contributed by atoms with E-state index in [4.69, 9.17) is 21.1 Å². The lowest BCUT2D eigenvalue weighted by Gasteiger charge is -2.06. The number of rotatable bonds is 6. The Kier molecular flexibility index (Phi) is 5.81. The van der Waals surface area contributed by atoms with Crippen molar-refractivity contribution in [1.29, 1.82) is 0 Å². The molecule has 30 heavy (non-hydrogen) atoms. The molecule has 0 saturated carbocycles. The summed E-state index contributed by atoms with van der Waals surface area (Å²) in [6, 6.07) is 17.0. The second-order valence-corrected chi connectivity index (χ2v) is 7.03. The van der Waals surface area contributed by atoms with Crippen molar-refractivity contribution in [2.75, 3.05) is 13.2 Å². The van der Waals surface area contributed by atoms with Crippen LogP contribution in [0.1, 0.15) is 5.56 Å². The molecule has 1 N–H and O–H groups in total. The summed E-state index contributed by atoms with van der Waals surface area (Å²) in [5.41, 5.74) is 3.21. The van der Waals surface area contributed by atoms with E-state index in [0.717, 1.165) is 16.8 Å². The minimum absolute atomic E-state index is 0.00473. The van der Waals surface area contributed by atoms with Crippen molar-refractivity contribution >= 4 is 29.7 Å². The predicted molar refractivity (Wildman–Crippen MR) is 112 cm³/mol. The van der Waals surface area contributed by atoms with Crippen LogP contribution < -0.4 is 5.32 Å². The van der Waals surface area contributed by atoms with Gasteiger partial charge >= 0.3 is 12.1 Å². The van der Waals surface area contributed by atoms with E-state index in [2.05, 4.69) is 10.4 Å². The minimum atomic E-state index is -0.535. The molecule has 0 radical (unpaired) electrons. The van der Waals surface area contributed by atoms with Crippen LogP contribution in [-0.4, -0.2) is 41.1 Å². The molecule has 0 bridgehead atoms. The van der Waals surface area contributed by atoms with E-state index < -0.39 is 18.2 Å². The molecule has 1 fully saturated rings. The standard InChI is InChI=1S/C22H18ClN3O4/c23-17-9-6-15(7-10-17)21-16(13-26(25-21)18-4-2-1-3-5-18)8-11-20(27)29-14-19-12-24-22(28)30-19/h1-11,13,19H,12,14H2,(H,24,28)/b11-8+/t19-/m1/s1. The molecule has 0 aliphatic carbocycles. The Morgan fingerprint density at radius 2 is 2.00 bits per heavy atom. The first-order chi connectivity index (χ1) is 14.6. The maximum atomic E-state index is 12.1. The van der Waals surface area contributed by atoms with E-state index in [1.165, 1.54) is 6.08 Å². The molecule has 152 valence electrons. The van der Waals surface area contributed by atoms with Gasteiger partial charge in [-0.1, -0.05) is 41.9 Å². The van der Waals surface area contributed by atoms with Gasteiger partial charge in [-0.15, -0.1) is 0 Å². The number of ether oxygens (including phenoxy) is 2. The van der Waals surface area contributed by atoms with E-state index in [1.54, 1.807) is 22.9 Å². The van der Waals surface area contributed by atoms with Crippen molar-refractivity contribution in [3.05, 3.63) is 77.5 Å². The zero-order valence-corrected chi connectivity index (χ0v) is 16.6. The zero-order chi connectivity index (χ0) is 20.9. The molecule has 4 rings (SSSR count). The summed E-state index contributed by atoms with van der Waals surface area (Å²) in [7, 11) is 0. The molecule has 8 heteroatoms. The molecule has 2 heterocycles. The minimum Gasteiger partial charge on any atom is -0.459 e. The van der Waals surface area contributed by atoms with E-state index in [9.17, 15) is 9.59 Å². The number of nitrogens with one attached hydrogen (secondary N) is 1. The largest absolute Gasteiger partial charge is 0.459 e. The van der Waals surface area contributed by atoms with Crippen LogP contribution in [0.4, 0.5) is 4.79 Å². The Morgan fingerprint density at radius 3 is 2.70 bits per heavy atom. The smallest absolute Gasteiger partial charge is 0.407 e. The summed E-state index contributed by atoms with van der Waals surface area (Å²) in [4.78, 5) is 23.1. The van der Waals surface area contributed by atoms with Gasteiger partial charge in [-0.25, -0.2) is 14.3 Å². The third-order valence-electron chi connectivity index (χ3n) is 4.44. The summed E-state index contributed by atoms with van der Waals surface area (Å²) in [6.07, 6.45) is 3.84. The van der Waals surface area contributed by atoms with E-state index in [1.807, 2.05) is 48.7 Å². The second kappa shape index (κ2) is 8.84. The fourth-order valence-corrected chi connectivity index (χ4v) is 3.09. The molecule has 0 unspecified atom stereocenters. The number of nitrogens with zero attached hydrogens (tertiary/aromatic N) is 2. The lowest BCUT2D eigenvalue weighted by atomic mass is 10.1. The molecule has 1 aliphatic rings. The number of halogens is 1. The van der Waals surface area contributed by atoms with E-state index in [0.29, 0.717) is 17.3 Å². The molecular formula is C22H18ClN3O4. The van der Waals surface area contributed by atoms with Crippen LogP contribution in [0.2, 0.25) is 5.02 Å². The number of aromatic nitrogens is 2. The zero-order valence-electron chi connectivity index (χ0n) is 15.8. The summed E-state index contributed by atoms with van der Waals surface area (Å²) >= 11 is 6.00. The number of cyclic esters (lactones) is 1. The fourth-order valence-electron chi connectivity index (χ4n) is 2.96. The summed E-state index contributed by atoms with van der Waals surface area (Å²) in [6.45, 7) is 0.315. The third kappa shape index (κ3) is 4.69. The van der Waals surface area contributed by atoms with Crippen LogP contribution in [0.15, 0.2) is 66.9 Å². The average Bonchev–Trinajstić information content (AvgIpc) is 3.38. The number of esters is 1. The van der Waals surface area contributed by atoms with Gasteiger partial charge < -0.3 is 14.8 Å². The van der Waals surface area contributed by atoms with E-state index >= 15 is 0 Å². The first-order valence-corrected chi connectivity index (χ1v) is 9.66. The highest BCUT2D eigenvalue weighted by Crippen LogP contribution is 2.26. The van der Waals surface area contributed by atoms with Crippen molar-refractivity contribution in [2.45, 2.75) is 6.10 Å². The van der Waals surface area contributed by atoms with E-state index in [-0.39, 0.29) is 6.61 Å². The molecular weight excluding hydrogens is 406 g/mol. The van der Waals surface area contributed by atoms with Gasteiger partial charge in [-0.05, 0) is 30.3 Å². The van der Waals surface area contributed by atoms with Crippen LogP contribution in [0.5, 0.6) is 0 Å². The Hall–Kier alpha value is -3.58. The van der Waals surface area contributed by atoms with Crippen molar-refractivity contribution < 1.29 is 19.1 Å². The monoisotopic (exact) mass is 423 g/mol. The number of hydrogen-bond donors (Lipinski definition) is 1. The van der Waals surface area contributed by atoms with Crippen LogP contribution in [0.25, 0.3) is 23.0 Å². The molecule has 3 aromatic rings. The quantitative estimate of drug-likeness (QED) is 0.481. The van der Waals surface area contributed by atoms with Crippen LogP contribution in [0.3, 0.4) is 0 Å². The maximum Gasteiger partial charge on any atom is 0.407 e. The molecule has 1 aromatic heterocycles.